The molecule has 0 spiro atoms. The first-order valence-corrected chi connectivity index (χ1v) is 9.84. The number of amides is 1. The predicted octanol–water partition coefficient (Wildman–Crippen LogP) is 4.50. The molecule has 1 aliphatic heterocycles. The highest BCUT2D eigenvalue weighted by Crippen LogP contribution is 2.23. The Kier molecular flexibility index (Phi) is 5.30. The fourth-order valence-electron chi connectivity index (χ4n) is 3.62. The van der Waals surface area contributed by atoms with E-state index in [2.05, 4.69) is 27.4 Å². The second-order valence-corrected chi connectivity index (χ2v) is 7.35. The zero-order chi connectivity index (χ0) is 18.6. The molecule has 0 bridgehead atoms. The van der Waals surface area contributed by atoms with Crippen molar-refractivity contribution in [3.63, 3.8) is 0 Å². The zero-order valence-corrected chi connectivity index (χ0v) is 15.9. The van der Waals surface area contributed by atoms with Crippen molar-refractivity contribution in [3.8, 4) is 0 Å². The zero-order valence-electron chi connectivity index (χ0n) is 15.2. The van der Waals surface area contributed by atoms with Gasteiger partial charge in [0.25, 0.3) is 5.91 Å². The van der Waals surface area contributed by atoms with Crippen molar-refractivity contribution < 1.29 is 4.79 Å². The fourth-order valence-corrected chi connectivity index (χ4v) is 3.85. The van der Waals surface area contributed by atoms with Crippen LogP contribution in [0.1, 0.15) is 35.2 Å². The summed E-state index contributed by atoms with van der Waals surface area (Å²) >= 11 is 6.37. The lowest BCUT2D eigenvalue weighted by Crippen LogP contribution is -2.35. The van der Waals surface area contributed by atoms with Crippen LogP contribution in [0.4, 0.5) is 5.82 Å². The number of anilines is 1. The molecule has 140 valence electrons. The predicted molar refractivity (Wildman–Crippen MR) is 109 cm³/mol. The summed E-state index contributed by atoms with van der Waals surface area (Å²) in [5.74, 6) is 0.640. The highest BCUT2D eigenvalue weighted by atomic mass is 35.5. The van der Waals surface area contributed by atoms with Gasteiger partial charge in [-0.3, -0.25) is 4.79 Å². The summed E-state index contributed by atoms with van der Waals surface area (Å²) in [6.07, 6.45) is 7.86. The Bertz CT molecular complexity index is 946. The maximum absolute atomic E-state index is 12.6. The normalized spacial score (nSPS) is 14.5. The van der Waals surface area contributed by atoms with Crippen molar-refractivity contribution in [3.05, 3.63) is 58.9 Å². The SMILES string of the molecule is O=C(c1cnc(NCCc2c[nH]c3ccccc23)c(Cl)c1)N1CCCCC1. The monoisotopic (exact) mass is 382 g/mol. The first-order valence-electron chi connectivity index (χ1n) is 9.46. The van der Waals surface area contributed by atoms with E-state index < -0.39 is 0 Å². The lowest BCUT2D eigenvalue weighted by atomic mass is 10.1. The van der Waals surface area contributed by atoms with Gasteiger partial charge in [-0.05, 0) is 43.4 Å². The Hall–Kier alpha value is -2.53. The number of carbonyl (C=O) groups is 1. The van der Waals surface area contributed by atoms with Crippen LogP contribution in [0.25, 0.3) is 10.9 Å². The molecular formula is C21H23ClN4O. The van der Waals surface area contributed by atoms with E-state index in [4.69, 9.17) is 11.6 Å². The lowest BCUT2D eigenvalue weighted by molar-refractivity contribution is 0.0724. The number of H-pyrrole nitrogens is 1. The van der Waals surface area contributed by atoms with Gasteiger partial charge < -0.3 is 15.2 Å². The molecule has 2 aromatic heterocycles. The number of nitrogens with one attached hydrogen (secondary N) is 2. The molecule has 1 aliphatic rings. The van der Waals surface area contributed by atoms with E-state index in [-0.39, 0.29) is 5.91 Å². The lowest BCUT2D eigenvalue weighted by Gasteiger charge is -2.26. The summed E-state index contributed by atoms with van der Waals surface area (Å²) < 4.78 is 0. The summed E-state index contributed by atoms with van der Waals surface area (Å²) in [5, 5.41) is 5.00. The minimum absolute atomic E-state index is 0.0226. The van der Waals surface area contributed by atoms with Crippen LogP contribution in [0.2, 0.25) is 5.02 Å². The molecule has 4 rings (SSSR count). The first-order chi connectivity index (χ1) is 13.2. The van der Waals surface area contributed by atoms with Crippen molar-refractivity contribution >= 4 is 34.2 Å². The fraction of sp³-hybridized carbons (Fsp3) is 0.333. The van der Waals surface area contributed by atoms with Gasteiger partial charge in [-0.1, -0.05) is 29.8 Å². The van der Waals surface area contributed by atoms with Crippen molar-refractivity contribution in [2.75, 3.05) is 25.0 Å². The smallest absolute Gasteiger partial charge is 0.255 e. The molecule has 0 radical (unpaired) electrons. The van der Waals surface area contributed by atoms with Crippen LogP contribution in [0.15, 0.2) is 42.7 Å². The molecule has 1 aromatic carbocycles. The molecule has 5 nitrogen and oxygen atoms in total. The van der Waals surface area contributed by atoms with Crippen molar-refractivity contribution in [1.29, 1.82) is 0 Å². The number of benzene rings is 1. The highest BCUT2D eigenvalue weighted by Gasteiger charge is 2.19. The van der Waals surface area contributed by atoms with E-state index in [9.17, 15) is 4.79 Å². The Morgan fingerprint density at radius 2 is 2.04 bits per heavy atom. The number of hydrogen-bond acceptors (Lipinski definition) is 3. The molecule has 3 heterocycles. The minimum atomic E-state index is 0.0226. The number of aromatic nitrogens is 2. The number of hydrogen-bond donors (Lipinski definition) is 2. The quantitative estimate of drug-likeness (QED) is 0.683. The minimum Gasteiger partial charge on any atom is -0.369 e. The van der Waals surface area contributed by atoms with Gasteiger partial charge in [-0.15, -0.1) is 0 Å². The van der Waals surface area contributed by atoms with Crippen LogP contribution >= 0.6 is 11.6 Å². The molecule has 0 aliphatic carbocycles. The number of nitrogens with zero attached hydrogens (tertiary/aromatic N) is 2. The van der Waals surface area contributed by atoms with Crippen LogP contribution in [0.5, 0.6) is 0 Å². The number of rotatable bonds is 5. The van der Waals surface area contributed by atoms with Gasteiger partial charge >= 0.3 is 0 Å². The molecular weight excluding hydrogens is 360 g/mol. The topological polar surface area (TPSA) is 61.0 Å². The molecule has 0 unspecified atom stereocenters. The van der Waals surface area contributed by atoms with Gasteiger partial charge in [0.15, 0.2) is 0 Å². The van der Waals surface area contributed by atoms with E-state index in [0.717, 1.165) is 37.9 Å². The van der Waals surface area contributed by atoms with Crippen LogP contribution in [0, 0.1) is 0 Å². The Labute approximate surface area is 163 Å². The molecule has 1 saturated heterocycles. The maximum Gasteiger partial charge on any atom is 0.255 e. The molecule has 1 amide bonds. The number of piperidine rings is 1. The average Bonchev–Trinajstić information content (AvgIpc) is 3.12. The third kappa shape index (κ3) is 3.93. The summed E-state index contributed by atoms with van der Waals surface area (Å²) in [5.41, 5.74) is 2.96. The van der Waals surface area contributed by atoms with E-state index in [1.165, 1.54) is 17.4 Å². The summed E-state index contributed by atoms with van der Waals surface area (Å²) in [6.45, 7) is 2.36. The number of fused-ring (bicyclic) bond motifs is 1. The molecule has 2 N–H and O–H groups in total. The van der Waals surface area contributed by atoms with Crippen LogP contribution in [-0.4, -0.2) is 40.4 Å². The summed E-state index contributed by atoms with van der Waals surface area (Å²) in [6, 6.07) is 9.98. The van der Waals surface area contributed by atoms with Gasteiger partial charge in [-0.25, -0.2) is 4.98 Å². The number of pyridine rings is 1. The second-order valence-electron chi connectivity index (χ2n) is 6.94. The van der Waals surface area contributed by atoms with Crippen LogP contribution < -0.4 is 5.32 Å². The number of likely N-dealkylation sites (tertiary alicyclic amines) is 1. The second kappa shape index (κ2) is 8.01. The Morgan fingerprint density at radius 3 is 2.85 bits per heavy atom. The number of halogens is 1. The number of aromatic amines is 1. The Morgan fingerprint density at radius 1 is 1.22 bits per heavy atom. The van der Waals surface area contributed by atoms with Gasteiger partial charge in [0.1, 0.15) is 5.82 Å². The maximum atomic E-state index is 12.6. The number of para-hydroxylation sites is 1. The van der Waals surface area contributed by atoms with Crippen molar-refractivity contribution in [2.45, 2.75) is 25.7 Å². The van der Waals surface area contributed by atoms with Gasteiger partial charge in [0.2, 0.25) is 0 Å². The van der Waals surface area contributed by atoms with Gasteiger partial charge in [0, 0.05) is 42.9 Å². The third-order valence-electron chi connectivity index (χ3n) is 5.09. The van der Waals surface area contributed by atoms with Crippen molar-refractivity contribution in [2.24, 2.45) is 0 Å². The highest BCUT2D eigenvalue weighted by molar-refractivity contribution is 6.33. The number of carbonyl (C=O) groups excluding carboxylic acids is 1. The van der Waals surface area contributed by atoms with Crippen LogP contribution in [-0.2, 0) is 6.42 Å². The summed E-state index contributed by atoms with van der Waals surface area (Å²) in [7, 11) is 0. The first kappa shape index (κ1) is 17.9. The standard InChI is InChI=1S/C21H23ClN4O/c22-18-12-16(21(27)26-10-4-1-5-11-26)14-25-20(18)23-9-8-15-13-24-19-7-3-2-6-17(15)19/h2-3,6-7,12-14,24H,1,4-5,8-11H2,(H,23,25). The van der Waals surface area contributed by atoms with E-state index in [0.29, 0.717) is 22.9 Å². The average molecular weight is 383 g/mol. The molecule has 1 fully saturated rings. The molecule has 6 heteroatoms. The third-order valence-corrected chi connectivity index (χ3v) is 5.38. The largest absolute Gasteiger partial charge is 0.369 e. The van der Waals surface area contributed by atoms with Gasteiger partial charge in [0.05, 0.1) is 10.6 Å². The van der Waals surface area contributed by atoms with Gasteiger partial charge in [-0.2, -0.15) is 0 Å². The summed E-state index contributed by atoms with van der Waals surface area (Å²) in [4.78, 5) is 22.1. The van der Waals surface area contributed by atoms with E-state index in [1.807, 2.05) is 23.2 Å². The molecule has 0 atom stereocenters. The molecule has 27 heavy (non-hydrogen) atoms. The van der Waals surface area contributed by atoms with Crippen LogP contribution in [0.3, 0.4) is 0 Å². The molecule has 0 saturated carbocycles. The van der Waals surface area contributed by atoms with E-state index in [1.54, 1.807) is 12.3 Å². The van der Waals surface area contributed by atoms with Crippen molar-refractivity contribution in [1.82, 2.24) is 14.9 Å². The Balaban J connectivity index is 1.38. The van der Waals surface area contributed by atoms with E-state index >= 15 is 0 Å². The molecule has 3 aromatic rings.